The molecule has 1 amide bonds. The summed E-state index contributed by atoms with van der Waals surface area (Å²) in [5.41, 5.74) is 1.09. The van der Waals surface area contributed by atoms with Gasteiger partial charge in [0.15, 0.2) is 11.5 Å². The second-order valence-corrected chi connectivity index (χ2v) is 8.44. The van der Waals surface area contributed by atoms with Gasteiger partial charge in [0.2, 0.25) is 5.91 Å². The number of aliphatic hydroxyl groups is 1. The number of ether oxygens (including phenoxy) is 2. The van der Waals surface area contributed by atoms with Crippen molar-refractivity contribution in [1.82, 2.24) is 9.88 Å². The molecule has 1 aliphatic carbocycles. The second kappa shape index (κ2) is 7.74. The quantitative estimate of drug-likeness (QED) is 0.717. The molecule has 1 saturated carbocycles. The molecule has 1 saturated heterocycles. The number of hydrogen-bond acceptors (Lipinski definition) is 6. The fourth-order valence-corrected chi connectivity index (χ4v) is 3.94. The van der Waals surface area contributed by atoms with Crippen molar-refractivity contribution in [3.63, 3.8) is 0 Å². The molecule has 0 spiro atoms. The predicted molar refractivity (Wildman–Crippen MR) is 113 cm³/mol. The maximum Gasteiger partial charge on any atom is 0.586 e. The molecule has 0 bridgehead atoms. The molecule has 0 unspecified atom stereocenters. The van der Waals surface area contributed by atoms with E-state index in [1.165, 1.54) is 18.2 Å². The number of nitrogens with zero attached hydrogens (tertiary/aromatic N) is 3. The third-order valence-electron chi connectivity index (χ3n) is 5.93. The highest BCUT2D eigenvalue weighted by Gasteiger charge is 2.43. The van der Waals surface area contributed by atoms with E-state index in [9.17, 15) is 18.7 Å². The van der Waals surface area contributed by atoms with E-state index in [0.29, 0.717) is 38.2 Å². The maximum atomic E-state index is 13.1. The van der Waals surface area contributed by atoms with Crippen molar-refractivity contribution in [1.29, 1.82) is 0 Å². The van der Waals surface area contributed by atoms with Gasteiger partial charge in [-0.1, -0.05) is 6.07 Å². The van der Waals surface area contributed by atoms with Crippen LogP contribution >= 0.6 is 0 Å². The smallest absolute Gasteiger partial charge is 0.395 e. The Morgan fingerprint density at radius 2 is 1.84 bits per heavy atom. The van der Waals surface area contributed by atoms with E-state index in [1.807, 2.05) is 12.1 Å². The Balaban J connectivity index is 1.16. The molecule has 2 fully saturated rings. The van der Waals surface area contributed by atoms with Gasteiger partial charge in [-0.15, -0.1) is 8.78 Å². The lowest BCUT2D eigenvalue weighted by Crippen LogP contribution is -2.48. The summed E-state index contributed by atoms with van der Waals surface area (Å²) in [7, 11) is 0. The molecule has 7 nitrogen and oxygen atoms in total. The van der Waals surface area contributed by atoms with Crippen molar-refractivity contribution in [2.75, 3.05) is 31.1 Å². The summed E-state index contributed by atoms with van der Waals surface area (Å²) >= 11 is 0. The van der Waals surface area contributed by atoms with Crippen molar-refractivity contribution in [2.24, 2.45) is 0 Å². The third-order valence-corrected chi connectivity index (χ3v) is 5.93. The van der Waals surface area contributed by atoms with Crippen molar-refractivity contribution in [2.45, 2.75) is 31.2 Å². The molecule has 3 heterocycles. The number of halogens is 2. The first-order valence-corrected chi connectivity index (χ1v) is 10.6. The van der Waals surface area contributed by atoms with Crippen LogP contribution in [-0.2, 0) is 11.2 Å². The molecular formula is C23H23F2N3O4. The van der Waals surface area contributed by atoms with E-state index in [4.69, 9.17) is 0 Å². The summed E-state index contributed by atoms with van der Waals surface area (Å²) in [6.45, 7) is 2.40. The Hall–Kier alpha value is -3.20. The largest absolute Gasteiger partial charge is 0.586 e. The minimum atomic E-state index is -3.66. The topological polar surface area (TPSA) is 75.1 Å². The van der Waals surface area contributed by atoms with Crippen LogP contribution in [0.25, 0.3) is 6.08 Å². The Kier molecular flexibility index (Phi) is 5.00. The molecule has 9 heteroatoms. The maximum absolute atomic E-state index is 13.1. The van der Waals surface area contributed by atoms with E-state index in [1.54, 1.807) is 23.2 Å². The number of fused-ring (bicyclic) bond motifs is 1. The number of hydrogen-bond donors (Lipinski definition) is 1. The van der Waals surface area contributed by atoms with E-state index < -0.39 is 11.9 Å². The highest BCUT2D eigenvalue weighted by Crippen LogP contribution is 2.41. The van der Waals surface area contributed by atoms with Crippen LogP contribution in [0.15, 0.2) is 42.6 Å². The average molecular weight is 443 g/mol. The summed E-state index contributed by atoms with van der Waals surface area (Å²) in [5, 5.41) is 10.1. The molecule has 2 aliphatic heterocycles. The molecule has 3 aliphatic rings. The lowest BCUT2D eigenvalue weighted by molar-refractivity contribution is -0.286. The van der Waals surface area contributed by atoms with E-state index in [2.05, 4.69) is 19.4 Å². The minimum absolute atomic E-state index is 0.0291. The molecule has 5 rings (SSSR count). The van der Waals surface area contributed by atoms with Crippen LogP contribution < -0.4 is 14.4 Å². The summed E-state index contributed by atoms with van der Waals surface area (Å²) in [5.74, 6) is 0.622. The fraction of sp³-hybridized carbons (Fsp3) is 0.391. The zero-order valence-electron chi connectivity index (χ0n) is 17.3. The van der Waals surface area contributed by atoms with Gasteiger partial charge >= 0.3 is 6.29 Å². The van der Waals surface area contributed by atoms with Gasteiger partial charge in [0, 0.05) is 44.9 Å². The van der Waals surface area contributed by atoms with E-state index >= 15 is 0 Å². The molecule has 0 radical (unpaired) electrons. The number of carbonyl (C=O) groups is 1. The van der Waals surface area contributed by atoms with Gasteiger partial charge in [-0.3, -0.25) is 4.79 Å². The van der Waals surface area contributed by atoms with Gasteiger partial charge in [0.05, 0.1) is 5.60 Å². The number of alkyl halides is 2. The van der Waals surface area contributed by atoms with Gasteiger partial charge in [-0.25, -0.2) is 4.98 Å². The van der Waals surface area contributed by atoms with Crippen LogP contribution in [0.1, 0.15) is 24.0 Å². The predicted octanol–water partition coefficient (Wildman–Crippen LogP) is 2.83. The van der Waals surface area contributed by atoms with Crippen LogP contribution in [0.4, 0.5) is 14.6 Å². The molecular weight excluding hydrogens is 420 g/mol. The van der Waals surface area contributed by atoms with Crippen molar-refractivity contribution in [3.05, 3.63) is 53.7 Å². The van der Waals surface area contributed by atoms with Crippen molar-refractivity contribution < 1.29 is 28.2 Å². The van der Waals surface area contributed by atoms with E-state index in [0.717, 1.165) is 24.2 Å². The number of amides is 1. The van der Waals surface area contributed by atoms with Crippen molar-refractivity contribution in [3.8, 4) is 11.5 Å². The third kappa shape index (κ3) is 4.52. The monoisotopic (exact) mass is 443 g/mol. The van der Waals surface area contributed by atoms with Gasteiger partial charge in [0.25, 0.3) is 0 Å². The molecule has 2 aromatic rings. The van der Waals surface area contributed by atoms with Gasteiger partial charge in [-0.2, -0.15) is 0 Å². The van der Waals surface area contributed by atoms with Crippen molar-refractivity contribution >= 4 is 17.8 Å². The summed E-state index contributed by atoms with van der Waals surface area (Å²) in [6, 6.07) is 8.33. The minimum Gasteiger partial charge on any atom is -0.395 e. The zero-order valence-corrected chi connectivity index (χ0v) is 17.3. The summed E-state index contributed by atoms with van der Waals surface area (Å²) in [4.78, 5) is 20.9. The zero-order chi connectivity index (χ0) is 22.3. The number of benzene rings is 1. The van der Waals surface area contributed by atoms with Crippen LogP contribution in [-0.4, -0.2) is 59.0 Å². The Labute approximate surface area is 183 Å². The Bertz CT molecular complexity index is 1060. The number of anilines is 1. The average Bonchev–Trinajstić information content (AvgIpc) is 3.40. The van der Waals surface area contributed by atoms with Crippen LogP contribution in [0, 0.1) is 0 Å². The molecule has 32 heavy (non-hydrogen) atoms. The standard InChI is InChI=1S/C23H23F2N3O4/c24-23(25)31-18-3-1-16(13-19(18)32-23)2-4-21(29)28-11-9-27(10-12-28)20-14-17(5-8-26-20)15-22(30)6-7-22/h1-5,8,13-14,30H,6-7,9-12,15H2/b4-2+. The second-order valence-electron chi connectivity index (χ2n) is 8.44. The number of aromatic nitrogens is 1. The van der Waals surface area contributed by atoms with Crippen LogP contribution in [0.3, 0.4) is 0 Å². The van der Waals surface area contributed by atoms with Gasteiger partial charge in [0.1, 0.15) is 5.82 Å². The molecule has 1 aromatic carbocycles. The number of piperazine rings is 1. The lowest BCUT2D eigenvalue weighted by atomic mass is 10.1. The molecule has 168 valence electrons. The summed E-state index contributed by atoms with van der Waals surface area (Å²) < 4.78 is 35.1. The van der Waals surface area contributed by atoms with Gasteiger partial charge < -0.3 is 24.4 Å². The SMILES string of the molecule is O=C(/C=C/c1ccc2c(c1)OC(F)(F)O2)N1CCN(c2cc(CC3(O)CC3)ccn2)CC1. The summed E-state index contributed by atoms with van der Waals surface area (Å²) in [6.07, 6.45) is 3.44. The van der Waals surface area contributed by atoms with Crippen LogP contribution in [0.5, 0.6) is 11.5 Å². The molecule has 1 N–H and O–H groups in total. The highest BCUT2D eigenvalue weighted by atomic mass is 19.3. The highest BCUT2D eigenvalue weighted by molar-refractivity contribution is 5.92. The molecule has 0 atom stereocenters. The Morgan fingerprint density at radius 1 is 1.09 bits per heavy atom. The number of carbonyl (C=O) groups excluding carboxylic acids is 1. The van der Waals surface area contributed by atoms with Gasteiger partial charge in [-0.05, 0) is 54.3 Å². The fourth-order valence-electron chi connectivity index (χ4n) is 3.94. The number of pyridine rings is 1. The lowest BCUT2D eigenvalue weighted by Gasteiger charge is -2.35. The Morgan fingerprint density at radius 3 is 2.59 bits per heavy atom. The first kappa shape index (κ1) is 20.7. The first-order chi connectivity index (χ1) is 15.3. The number of rotatable bonds is 5. The molecule has 1 aromatic heterocycles. The normalized spacial score (nSPS) is 20.6. The first-order valence-electron chi connectivity index (χ1n) is 10.6. The van der Waals surface area contributed by atoms with Crippen LogP contribution in [0.2, 0.25) is 0 Å². The van der Waals surface area contributed by atoms with E-state index in [-0.39, 0.29) is 17.4 Å².